The van der Waals surface area contributed by atoms with Gasteiger partial charge in [-0.3, -0.25) is 9.69 Å². The summed E-state index contributed by atoms with van der Waals surface area (Å²) in [5, 5.41) is 0. The van der Waals surface area contributed by atoms with Crippen LogP contribution in [0.15, 0.2) is 0 Å². The molecule has 0 amide bonds. The fourth-order valence-electron chi connectivity index (χ4n) is 2.27. The number of esters is 1. The Morgan fingerprint density at radius 1 is 1.20 bits per heavy atom. The Bertz CT molecular complexity index is 278. The molecule has 0 saturated carbocycles. The van der Waals surface area contributed by atoms with Crippen molar-refractivity contribution in [2.75, 3.05) is 66.5 Å². The Kier molecular flexibility index (Phi) is 8.06. The summed E-state index contributed by atoms with van der Waals surface area (Å²) in [6.07, 6.45) is 0.677. The van der Waals surface area contributed by atoms with Crippen LogP contribution in [-0.2, 0) is 9.53 Å². The molecule has 1 atom stereocenters. The summed E-state index contributed by atoms with van der Waals surface area (Å²) in [5.41, 5.74) is 5.81. The van der Waals surface area contributed by atoms with Crippen molar-refractivity contribution in [2.24, 2.45) is 5.73 Å². The van der Waals surface area contributed by atoms with E-state index in [1.807, 2.05) is 0 Å². The summed E-state index contributed by atoms with van der Waals surface area (Å²) >= 11 is 0. The van der Waals surface area contributed by atoms with Crippen molar-refractivity contribution < 1.29 is 9.53 Å². The minimum Gasteiger partial charge on any atom is -0.465 e. The van der Waals surface area contributed by atoms with Crippen molar-refractivity contribution in [3.8, 4) is 0 Å². The van der Waals surface area contributed by atoms with E-state index in [9.17, 15) is 4.79 Å². The Hall–Kier alpha value is -0.690. The van der Waals surface area contributed by atoms with Crippen LogP contribution in [0.5, 0.6) is 0 Å². The third-order valence-corrected chi connectivity index (χ3v) is 3.67. The number of piperazine rings is 1. The number of nitrogens with zero attached hydrogens (tertiary/aromatic N) is 3. The molecule has 118 valence electrons. The molecule has 0 spiro atoms. The van der Waals surface area contributed by atoms with Gasteiger partial charge in [0.1, 0.15) is 6.04 Å². The van der Waals surface area contributed by atoms with E-state index in [2.05, 4.69) is 28.8 Å². The molecule has 6 heteroatoms. The lowest BCUT2D eigenvalue weighted by molar-refractivity contribution is -0.144. The van der Waals surface area contributed by atoms with Crippen LogP contribution in [0.2, 0.25) is 0 Å². The predicted octanol–water partition coefficient (Wildman–Crippen LogP) is -0.554. The number of likely N-dealkylation sites (N-methyl/N-ethyl adjacent to an activating group) is 1. The second-order valence-corrected chi connectivity index (χ2v) is 5.63. The number of carbonyl (C=O) groups excluding carboxylic acids is 1. The number of rotatable bonds is 8. The Morgan fingerprint density at radius 3 is 2.25 bits per heavy atom. The first kappa shape index (κ1) is 17.4. The average molecular weight is 286 g/mol. The van der Waals surface area contributed by atoms with E-state index < -0.39 is 6.04 Å². The molecule has 0 aromatic rings. The lowest BCUT2D eigenvalue weighted by Crippen LogP contribution is -2.49. The molecule has 0 aromatic carbocycles. The van der Waals surface area contributed by atoms with Crippen LogP contribution >= 0.6 is 0 Å². The number of nitrogens with two attached hydrogens (primary N) is 1. The van der Waals surface area contributed by atoms with E-state index >= 15 is 0 Å². The van der Waals surface area contributed by atoms with Gasteiger partial charge in [0.2, 0.25) is 0 Å². The summed E-state index contributed by atoms with van der Waals surface area (Å²) in [4.78, 5) is 18.5. The SMILES string of the molecule is CCOC(=O)C(N)CCN1CCN(CCN(C)C)CC1. The minimum atomic E-state index is -0.485. The van der Waals surface area contributed by atoms with Crippen LogP contribution in [0.3, 0.4) is 0 Å². The number of carbonyl (C=O) groups is 1. The molecule has 1 unspecified atom stereocenters. The second kappa shape index (κ2) is 9.28. The van der Waals surface area contributed by atoms with Crippen molar-refractivity contribution in [1.82, 2.24) is 14.7 Å². The summed E-state index contributed by atoms with van der Waals surface area (Å²) in [5.74, 6) is -0.280. The van der Waals surface area contributed by atoms with Gasteiger partial charge in [0.15, 0.2) is 0 Å². The molecular weight excluding hydrogens is 256 g/mol. The number of ether oxygens (including phenoxy) is 1. The molecule has 1 fully saturated rings. The van der Waals surface area contributed by atoms with Crippen LogP contribution in [0.1, 0.15) is 13.3 Å². The van der Waals surface area contributed by atoms with Gasteiger partial charge in [-0.2, -0.15) is 0 Å². The molecule has 0 aromatic heterocycles. The van der Waals surface area contributed by atoms with Gasteiger partial charge >= 0.3 is 5.97 Å². The first-order chi connectivity index (χ1) is 9.52. The molecular formula is C14H30N4O2. The molecule has 1 heterocycles. The maximum absolute atomic E-state index is 11.4. The zero-order valence-corrected chi connectivity index (χ0v) is 13.2. The van der Waals surface area contributed by atoms with E-state index in [1.165, 1.54) is 0 Å². The zero-order chi connectivity index (χ0) is 15.0. The van der Waals surface area contributed by atoms with E-state index in [1.54, 1.807) is 6.92 Å². The summed E-state index contributed by atoms with van der Waals surface area (Å²) in [7, 11) is 4.21. The maximum atomic E-state index is 11.4. The van der Waals surface area contributed by atoms with Crippen LogP contribution in [-0.4, -0.2) is 93.2 Å². The van der Waals surface area contributed by atoms with E-state index in [0.717, 1.165) is 45.8 Å². The molecule has 0 radical (unpaired) electrons. The molecule has 0 aliphatic carbocycles. The van der Waals surface area contributed by atoms with Crippen LogP contribution in [0.4, 0.5) is 0 Å². The predicted molar refractivity (Wildman–Crippen MR) is 80.7 cm³/mol. The molecule has 2 N–H and O–H groups in total. The van der Waals surface area contributed by atoms with Crippen LogP contribution in [0, 0.1) is 0 Å². The molecule has 1 saturated heterocycles. The van der Waals surface area contributed by atoms with Gasteiger partial charge in [-0.15, -0.1) is 0 Å². The first-order valence-corrected chi connectivity index (χ1v) is 7.54. The highest BCUT2D eigenvalue weighted by Crippen LogP contribution is 2.04. The highest BCUT2D eigenvalue weighted by Gasteiger charge is 2.19. The minimum absolute atomic E-state index is 0.280. The molecule has 0 bridgehead atoms. The van der Waals surface area contributed by atoms with Crippen LogP contribution in [0.25, 0.3) is 0 Å². The highest BCUT2D eigenvalue weighted by molar-refractivity contribution is 5.75. The quantitative estimate of drug-likeness (QED) is 0.604. The monoisotopic (exact) mass is 286 g/mol. The van der Waals surface area contributed by atoms with Crippen molar-refractivity contribution in [3.63, 3.8) is 0 Å². The fourth-order valence-corrected chi connectivity index (χ4v) is 2.27. The molecule has 1 rings (SSSR count). The van der Waals surface area contributed by atoms with Gasteiger partial charge in [0.25, 0.3) is 0 Å². The topological polar surface area (TPSA) is 62.0 Å². The fraction of sp³-hybridized carbons (Fsp3) is 0.929. The molecule has 1 aliphatic heterocycles. The van der Waals surface area contributed by atoms with Crippen molar-refractivity contribution in [3.05, 3.63) is 0 Å². The molecule has 20 heavy (non-hydrogen) atoms. The van der Waals surface area contributed by atoms with Gasteiger partial charge in [0.05, 0.1) is 6.61 Å². The Morgan fingerprint density at radius 2 is 1.75 bits per heavy atom. The van der Waals surface area contributed by atoms with Gasteiger partial charge in [-0.1, -0.05) is 0 Å². The smallest absolute Gasteiger partial charge is 0.322 e. The van der Waals surface area contributed by atoms with Gasteiger partial charge < -0.3 is 20.3 Å². The standard InChI is InChI=1S/C14H30N4O2/c1-4-20-14(19)13(15)5-6-17-9-11-18(12-10-17)8-7-16(2)3/h13H,4-12,15H2,1-3H3. The van der Waals surface area contributed by atoms with Gasteiger partial charge in [-0.25, -0.2) is 0 Å². The van der Waals surface area contributed by atoms with E-state index in [0.29, 0.717) is 13.0 Å². The zero-order valence-electron chi connectivity index (χ0n) is 13.2. The van der Waals surface area contributed by atoms with Crippen molar-refractivity contribution in [1.29, 1.82) is 0 Å². The Labute approximate surface area is 122 Å². The van der Waals surface area contributed by atoms with Crippen molar-refractivity contribution >= 4 is 5.97 Å². The lowest BCUT2D eigenvalue weighted by atomic mass is 10.2. The van der Waals surface area contributed by atoms with Gasteiger partial charge in [-0.05, 0) is 27.4 Å². The molecule has 1 aliphatic rings. The summed E-state index contributed by atoms with van der Waals surface area (Å²) < 4.78 is 4.92. The third-order valence-electron chi connectivity index (χ3n) is 3.67. The first-order valence-electron chi connectivity index (χ1n) is 7.54. The highest BCUT2D eigenvalue weighted by atomic mass is 16.5. The second-order valence-electron chi connectivity index (χ2n) is 5.63. The maximum Gasteiger partial charge on any atom is 0.322 e. The number of hydrogen-bond donors (Lipinski definition) is 1. The van der Waals surface area contributed by atoms with E-state index in [4.69, 9.17) is 10.5 Å². The van der Waals surface area contributed by atoms with Crippen molar-refractivity contribution in [2.45, 2.75) is 19.4 Å². The summed E-state index contributed by atoms with van der Waals surface area (Å²) in [6.45, 7) is 9.63. The molecule has 6 nitrogen and oxygen atoms in total. The third kappa shape index (κ3) is 6.65. The van der Waals surface area contributed by atoms with E-state index in [-0.39, 0.29) is 5.97 Å². The normalized spacial score (nSPS) is 19.2. The lowest BCUT2D eigenvalue weighted by Gasteiger charge is -2.35. The van der Waals surface area contributed by atoms with Crippen LogP contribution < -0.4 is 5.73 Å². The number of hydrogen-bond acceptors (Lipinski definition) is 6. The largest absolute Gasteiger partial charge is 0.465 e. The Balaban J connectivity index is 2.14. The van der Waals surface area contributed by atoms with Gasteiger partial charge in [0, 0.05) is 45.8 Å². The average Bonchev–Trinajstić information content (AvgIpc) is 2.43. The summed E-state index contributed by atoms with van der Waals surface area (Å²) in [6, 6.07) is -0.485.